The Labute approximate surface area is 191 Å². The molecule has 0 radical (unpaired) electrons. The van der Waals surface area contributed by atoms with Gasteiger partial charge in [-0.15, -0.1) is 0 Å². The number of aromatic nitrogens is 4. The molecule has 1 aliphatic heterocycles. The lowest BCUT2D eigenvalue weighted by Crippen LogP contribution is -2.49. The zero-order valence-corrected chi connectivity index (χ0v) is 18.3. The van der Waals surface area contributed by atoms with Gasteiger partial charge < -0.3 is 9.42 Å². The van der Waals surface area contributed by atoms with Crippen molar-refractivity contribution < 1.29 is 9.32 Å². The average Bonchev–Trinajstić information content (AvgIpc) is 3.40. The first-order chi connectivity index (χ1) is 16.2. The van der Waals surface area contributed by atoms with Crippen LogP contribution in [0.2, 0.25) is 0 Å². The van der Waals surface area contributed by atoms with Crippen LogP contribution in [0.1, 0.15) is 29.2 Å². The van der Waals surface area contributed by atoms with Gasteiger partial charge in [-0.2, -0.15) is 4.98 Å². The Morgan fingerprint density at radius 1 is 0.848 bits per heavy atom. The topological polar surface area (TPSA) is 88.3 Å². The number of rotatable bonds is 5. The SMILES string of the molecule is CC(c1nc(-c2ccccc2)no1)N1CCN(C(=O)c2cnc(-c3ccccc3)nc2)CC1. The number of carbonyl (C=O) groups excluding carboxylic acids is 1. The first-order valence-electron chi connectivity index (χ1n) is 11.0. The van der Waals surface area contributed by atoms with Crippen LogP contribution in [0.4, 0.5) is 0 Å². The summed E-state index contributed by atoms with van der Waals surface area (Å²) in [6.07, 6.45) is 3.21. The lowest BCUT2D eigenvalue weighted by Gasteiger charge is -2.36. The fourth-order valence-corrected chi connectivity index (χ4v) is 3.94. The summed E-state index contributed by atoms with van der Waals surface area (Å²) in [5, 5.41) is 4.12. The van der Waals surface area contributed by atoms with Crippen molar-refractivity contribution in [3.63, 3.8) is 0 Å². The van der Waals surface area contributed by atoms with Crippen LogP contribution in [0.5, 0.6) is 0 Å². The molecule has 8 heteroatoms. The van der Waals surface area contributed by atoms with Crippen LogP contribution in [0, 0.1) is 0 Å². The molecule has 0 spiro atoms. The maximum atomic E-state index is 12.9. The molecule has 1 aliphatic rings. The van der Waals surface area contributed by atoms with E-state index in [-0.39, 0.29) is 11.9 Å². The van der Waals surface area contributed by atoms with Crippen LogP contribution in [0.25, 0.3) is 22.8 Å². The van der Waals surface area contributed by atoms with Crippen molar-refractivity contribution in [3.8, 4) is 22.8 Å². The van der Waals surface area contributed by atoms with Crippen molar-refractivity contribution in [2.75, 3.05) is 26.2 Å². The molecule has 1 unspecified atom stereocenters. The minimum Gasteiger partial charge on any atom is -0.337 e. The average molecular weight is 441 g/mol. The Balaban J connectivity index is 1.19. The third-order valence-electron chi connectivity index (χ3n) is 5.91. The summed E-state index contributed by atoms with van der Waals surface area (Å²) in [7, 11) is 0. The van der Waals surface area contributed by atoms with E-state index >= 15 is 0 Å². The Morgan fingerprint density at radius 2 is 1.42 bits per heavy atom. The van der Waals surface area contributed by atoms with Crippen molar-refractivity contribution >= 4 is 5.91 Å². The number of amides is 1. The summed E-state index contributed by atoms with van der Waals surface area (Å²) in [4.78, 5) is 30.4. The molecule has 5 rings (SSSR count). The van der Waals surface area contributed by atoms with Gasteiger partial charge in [-0.1, -0.05) is 65.8 Å². The van der Waals surface area contributed by atoms with Gasteiger partial charge in [0.1, 0.15) is 0 Å². The molecule has 0 aliphatic carbocycles. The van der Waals surface area contributed by atoms with Gasteiger partial charge in [0.15, 0.2) is 5.82 Å². The second kappa shape index (κ2) is 9.30. The molecule has 166 valence electrons. The largest absolute Gasteiger partial charge is 0.337 e. The summed E-state index contributed by atoms with van der Waals surface area (Å²) in [6, 6.07) is 19.5. The summed E-state index contributed by atoms with van der Waals surface area (Å²) in [5.41, 5.74) is 2.35. The molecule has 2 aromatic carbocycles. The van der Waals surface area contributed by atoms with E-state index in [0.29, 0.717) is 36.2 Å². The lowest BCUT2D eigenvalue weighted by molar-refractivity contribution is 0.0551. The van der Waals surface area contributed by atoms with Crippen LogP contribution in [-0.4, -0.2) is 62.0 Å². The van der Waals surface area contributed by atoms with Crippen LogP contribution in [0.3, 0.4) is 0 Å². The Hall–Kier alpha value is -3.91. The maximum Gasteiger partial charge on any atom is 0.257 e. The van der Waals surface area contributed by atoms with Crippen molar-refractivity contribution in [2.45, 2.75) is 13.0 Å². The van der Waals surface area contributed by atoms with Gasteiger partial charge in [0.2, 0.25) is 11.7 Å². The van der Waals surface area contributed by atoms with Crippen molar-refractivity contribution in [2.24, 2.45) is 0 Å². The highest BCUT2D eigenvalue weighted by Crippen LogP contribution is 2.24. The normalized spacial score (nSPS) is 15.4. The zero-order chi connectivity index (χ0) is 22.6. The van der Waals surface area contributed by atoms with Gasteiger partial charge in [-0.3, -0.25) is 9.69 Å². The van der Waals surface area contributed by atoms with E-state index in [0.717, 1.165) is 24.2 Å². The molecule has 1 fully saturated rings. The third-order valence-corrected chi connectivity index (χ3v) is 5.91. The Morgan fingerprint density at radius 3 is 2.03 bits per heavy atom. The second-order valence-corrected chi connectivity index (χ2v) is 7.99. The highest BCUT2D eigenvalue weighted by molar-refractivity contribution is 5.93. The maximum absolute atomic E-state index is 12.9. The van der Waals surface area contributed by atoms with Gasteiger partial charge in [-0.05, 0) is 6.92 Å². The van der Waals surface area contributed by atoms with E-state index in [2.05, 4.69) is 31.9 Å². The lowest BCUT2D eigenvalue weighted by atomic mass is 10.2. The van der Waals surface area contributed by atoms with E-state index in [1.54, 1.807) is 12.4 Å². The Bertz CT molecular complexity index is 1200. The van der Waals surface area contributed by atoms with Crippen LogP contribution < -0.4 is 0 Å². The third kappa shape index (κ3) is 4.51. The highest BCUT2D eigenvalue weighted by Gasteiger charge is 2.28. The fourth-order valence-electron chi connectivity index (χ4n) is 3.94. The molecule has 33 heavy (non-hydrogen) atoms. The van der Waals surface area contributed by atoms with E-state index in [9.17, 15) is 4.79 Å². The minimum atomic E-state index is -0.0499. The predicted octanol–water partition coefficient (Wildman–Crippen LogP) is 3.71. The molecular formula is C25H24N6O2. The van der Waals surface area contributed by atoms with E-state index < -0.39 is 0 Å². The van der Waals surface area contributed by atoms with E-state index in [1.807, 2.05) is 65.6 Å². The van der Waals surface area contributed by atoms with E-state index in [1.165, 1.54) is 0 Å². The smallest absolute Gasteiger partial charge is 0.257 e. The molecule has 3 heterocycles. The number of piperazine rings is 1. The van der Waals surface area contributed by atoms with Gasteiger partial charge in [-0.25, -0.2) is 9.97 Å². The quantitative estimate of drug-likeness (QED) is 0.467. The predicted molar refractivity (Wildman–Crippen MR) is 123 cm³/mol. The first kappa shape index (κ1) is 21.0. The van der Waals surface area contributed by atoms with Gasteiger partial charge in [0.05, 0.1) is 11.6 Å². The number of benzene rings is 2. The summed E-state index contributed by atoms with van der Waals surface area (Å²) < 4.78 is 5.53. The summed E-state index contributed by atoms with van der Waals surface area (Å²) >= 11 is 0. The van der Waals surface area contributed by atoms with Gasteiger partial charge in [0, 0.05) is 49.7 Å². The molecule has 2 aromatic heterocycles. The molecule has 0 bridgehead atoms. The van der Waals surface area contributed by atoms with Gasteiger partial charge in [0.25, 0.3) is 5.91 Å². The number of hydrogen-bond donors (Lipinski definition) is 0. The molecule has 8 nitrogen and oxygen atoms in total. The van der Waals surface area contributed by atoms with Crippen LogP contribution in [-0.2, 0) is 0 Å². The highest BCUT2D eigenvalue weighted by atomic mass is 16.5. The fraction of sp³-hybridized carbons (Fsp3) is 0.240. The van der Waals surface area contributed by atoms with E-state index in [4.69, 9.17) is 4.52 Å². The van der Waals surface area contributed by atoms with Crippen molar-refractivity contribution in [1.82, 2.24) is 29.9 Å². The minimum absolute atomic E-state index is 0.0271. The summed E-state index contributed by atoms with van der Waals surface area (Å²) in [6.45, 7) is 4.72. The second-order valence-electron chi connectivity index (χ2n) is 7.99. The molecule has 1 saturated heterocycles. The monoisotopic (exact) mass is 440 g/mol. The number of nitrogens with zero attached hydrogens (tertiary/aromatic N) is 6. The first-order valence-corrected chi connectivity index (χ1v) is 11.0. The van der Waals surface area contributed by atoms with Crippen molar-refractivity contribution in [1.29, 1.82) is 0 Å². The zero-order valence-electron chi connectivity index (χ0n) is 18.3. The van der Waals surface area contributed by atoms with Gasteiger partial charge >= 0.3 is 0 Å². The van der Waals surface area contributed by atoms with Crippen LogP contribution >= 0.6 is 0 Å². The summed E-state index contributed by atoms with van der Waals surface area (Å²) in [5.74, 6) is 1.73. The number of carbonyl (C=O) groups is 1. The number of hydrogen-bond acceptors (Lipinski definition) is 7. The molecule has 1 amide bonds. The van der Waals surface area contributed by atoms with Crippen LogP contribution in [0.15, 0.2) is 77.6 Å². The molecule has 4 aromatic rings. The molecule has 0 saturated carbocycles. The standard InChI is InChI=1S/C25H24N6O2/c1-18(24-28-23(29-33-24)20-10-6-3-7-11-20)30-12-14-31(15-13-30)25(32)21-16-26-22(27-17-21)19-8-4-2-5-9-19/h2-11,16-18H,12-15H2,1H3. The molecule has 0 N–H and O–H groups in total. The molecular weight excluding hydrogens is 416 g/mol. The van der Waals surface area contributed by atoms with Crippen molar-refractivity contribution in [3.05, 3.63) is 84.5 Å². The molecule has 1 atom stereocenters. The Kier molecular flexibility index (Phi) is 5.91.